The summed E-state index contributed by atoms with van der Waals surface area (Å²) in [5.41, 5.74) is 2.68. The van der Waals surface area contributed by atoms with Gasteiger partial charge in [0.05, 0.1) is 11.8 Å². The molecule has 0 radical (unpaired) electrons. The number of nitrogens with zero attached hydrogens (tertiary/aromatic N) is 1. The Bertz CT molecular complexity index is 648. The average molecular weight is 345 g/mol. The van der Waals surface area contributed by atoms with E-state index in [0.29, 0.717) is 13.0 Å². The maximum absolute atomic E-state index is 12.1. The van der Waals surface area contributed by atoms with Gasteiger partial charge in [-0.2, -0.15) is 0 Å². The van der Waals surface area contributed by atoms with Crippen LogP contribution >= 0.6 is 0 Å². The second kappa shape index (κ2) is 9.22. The van der Waals surface area contributed by atoms with Crippen molar-refractivity contribution in [1.82, 2.24) is 15.8 Å². The van der Waals surface area contributed by atoms with Crippen molar-refractivity contribution < 1.29 is 14.4 Å². The van der Waals surface area contributed by atoms with Gasteiger partial charge in [0.25, 0.3) is 0 Å². The minimum absolute atomic E-state index is 0.158. The van der Waals surface area contributed by atoms with Crippen LogP contribution in [0.3, 0.4) is 0 Å². The van der Waals surface area contributed by atoms with E-state index >= 15 is 0 Å². The molecule has 1 aromatic carbocycles. The first-order valence-corrected chi connectivity index (χ1v) is 8.78. The quantitative estimate of drug-likeness (QED) is 0.686. The van der Waals surface area contributed by atoms with Crippen LogP contribution in [0.2, 0.25) is 0 Å². The highest BCUT2D eigenvalue weighted by atomic mass is 16.5. The molecule has 2 rings (SSSR count). The molecule has 0 bridgehead atoms. The Kier molecular flexibility index (Phi) is 7.01. The largest absolute Gasteiger partial charge is 0.388 e. The van der Waals surface area contributed by atoms with Gasteiger partial charge in [-0.1, -0.05) is 49.3 Å². The SMILES string of the molecule is CCc1noc(CC)c1CNC(=O)NC(C)CC(O)c1ccccc1. The molecule has 2 atom stereocenters. The summed E-state index contributed by atoms with van der Waals surface area (Å²) in [7, 11) is 0. The normalized spacial score (nSPS) is 13.3. The van der Waals surface area contributed by atoms with Crippen molar-refractivity contribution in [3.8, 4) is 0 Å². The van der Waals surface area contributed by atoms with Gasteiger partial charge in [0.15, 0.2) is 0 Å². The number of carbonyl (C=O) groups is 1. The maximum atomic E-state index is 12.1. The molecular weight excluding hydrogens is 318 g/mol. The molecule has 0 fully saturated rings. The van der Waals surface area contributed by atoms with Gasteiger partial charge in [-0.05, 0) is 25.3 Å². The molecule has 0 saturated carbocycles. The Hall–Kier alpha value is -2.34. The standard InChI is InChI=1S/C19H27N3O3/c1-4-16-15(18(5-2)25-22-16)12-20-19(24)21-13(3)11-17(23)14-9-7-6-8-10-14/h6-10,13,17,23H,4-5,11-12H2,1-3H3,(H2,20,21,24). The third-order valence-electron chi connectivity index (χ3n) is 4.17. The summed E-state index contributed by atoms with van der Waals surface area (Å²) in [5.74, 6) is 0.810. The van der Waals surface area contributed by atoms with Crippen LogP contribution in [0.5, 0.6) is 0 Å². The molecule has 6 heteroatoms. The van der Waals surface area contributed by atoms with Gasteiger partial charge < -0.3 is 20.3 Å². The number of aliphatic hydroxyl groups excluding tert-OH is 1. The Morgan fingerprint density at radius 1 is 1.24 bits per heavy atom. The summed E-state index contributed by atoms with van der Waals surface area (Å²) in [6.45, 7) is 6.26. The Morgan fingerprint density at radius 2 is 1.96 bits per heavy atom. The van der Waals surface area contributed by atoms with E-state index in [0.717, 1.165) is 35.4 Å². The molecule has 2 unspecified atom stereocenters. The summed E-state index contributed by atoms with van der Waals surface area (Å²) in [5, 5.41) is 20.0. The summed E-state index contributed by atoms with van der Waals surface area (Å²) in [6.07, 6.45) is 1.35. The number of urea groups is 1. The topological polar surface area (TPSA) is 87.4 Å². The first kappa shape index (κ1) is 19.0. The van der Waals surface area contributed by atoms with Crippen molar-refractivity contribution in [3.63, 3.8) is 0 Å². The lowest BCUT2D eigenvalue weighted by molar-refractivity contribution is 0.154. The molecule has 1 heterocycles. The van der Waals surface area contributed by atoms with Crippen LogP contribution in [0.4, 0.5) is 4.79 Å². The zero-order valence-corrected chi connectivity index (χ0v) is 15.1. The first-order valence-electron chi connectivity index (χ1n) is 8.78. The van der Waals surface area contributed by atoms with Crippen LogP contribution in [0.15, 0.2) is 34.9 Å². The van der Waals surface area contributed by atoms with Crippen LogP contribution in [0.1, 0.15) is 55.9 Å². The fraction of sp³-hybridized carbons (Fsp3) is 0.474. The van der Waals surface area contributed by atoms with Crippen molar-refractivity contribution in [3.05, 3.63) is 52.9 Å². The highest BCUT2D eigenvalue weighted by Gasteiger charge is 2.16. The molecule has 0 aliphatic rings. The van der Waals surface area contributed by atoms with Gasteiger partial charge in [-0.3, -0.25) is 0 Å². The molecule has 1 aromatic heterocycles. The van der Waals surface area contributed by atoms with Gasteiger partial charge >= 0.3 is 6.03 Å². The Balaban J connectivity index is 1.83. The summed E-state index contributed by atoms with van der Waals surface area (Å²) < 4.78 is 5.30. The number of aromatic nitrogens is 1. The van der Waals surface area contributed by atoms with Crippen LogP contribution in [-0.4, -0.2) is 22.3 Å². The minimum atomic E-state index is -0.604. The smallest absolute Gasteiger partial charge is 0.315 e. The first-order chi connectivity index (χ1) is 12.0. The van der Waals surface area contributed by atoms with E-state index in [1.807, 2.05) is 51.1 Å². The Labute approximate surface area is 148 Å². The molecular formula is C19H27N3O3. The van der Waals surface area contributed by atoms with E-state index in [1.54, 1.807) is 0 Å². The molecule has 2 amide bonds. The lowest BCUT2D eigenvalue weighted by atomic mass is 10.0. The number of hydrogen-bond acceptors (Lipinski definition) is 4. The molecule has 25 heavy (non-hydrogen) atoms. The summed E-state index contributed by atoms with van der Waals surface area (Å²) in [6, 6.07) is 9.01. The van der Waals surface area contributed by atoms with Gasteiger partial charge in [0, 0.05) is 24.6 Å². The third kappa shape index (κ3) is 5.32. The fourth-order valence-corrected chi connectivity index (χ4v) is 2.79. The Morgan fingerprint density at radius 3 is 2.60 bits per heavy atom. The monoisotopic (exact) mass is 345 g/mol. The molecule has 0 saturated heterocycles. The van der Waals surface area contributed by atoms with Crippen LogP contribution < -0.4 is 10.6 Å². The van der Waals surface area contributed by atoms with Crippen LogP contribution in [0, 0.1) is 0 Å². The predicted octanol–water partition coefficient (Wildman–Crippen LogP) is 3.11. The number of aliphatic hydroxyl groups is 1. The van der Waals surface area contributed by atoms with Gasteiger partial charge in [0.2, 0.25) is 0 Å². The number of nitrogens with one attached hydrogen (secondary N) is 2. The summed E-state index contributed by atoms with van der Waals surface area (Å²) >= 11 is 0. The minimum Gasteiger partial charge on any atom is -0.388 e. The van der Waals surface area contributed by atoms with E-state index in [2.05, 4.69) is 15.8 Å². The molecule has 0 aliphatic heterocycles. The summed E-state index contributed by atoms with van der Waals surface area (Å²) in [4.78, 5) is 12.1. The molecule has 2 aromatic rings. The van der Waals surface area contributed by atoms with Gasteiger partial charge in [-0.15, -0.1) is 0 Å². The van der Waals surface area contributed by atoms with Gasteiger partial charge in [-0.25, -0.2) is 4.79 Å². The van der Waals surface area contributed by atoms with E-state index in [1.165, 1.54) is 0 Å². The zero-order chi connectivity index (χ0) is 18.2. The highest BCUT2D eigenvalue weighted by Crippen LogP contribution is 2.18. The van der Waals surface area contributed by atoms with Crippen molar-refractivity contribution in [2.24, 2.45) is 0 Å². The lowest BCUT2D eigenvalue weighted by Crippen LogP contribution is -2.41. The highest BCUT2D eigenvalue weighted by molar-refractivity contribution is 5.74. The van der Waals surface area contributed by atoms with E-state index in [-0.39, 0.29) is 12.1 Å². The van der Waals surface area contributed by atoms with E-state index in [9.17, 15) is 9.90 Å². The van der Waals surface area contributed by atoms with Crippen molar-refractivity contribution in [2.75, 3.05) is 0 Å². The van der Waals surface area contributed by atoms with Crippen molar-refractivity contribution >= 4 is 6.03 Å². The van der Waals surface area contributed by atoms with E-state index < -0.39 is 6.10 Å². The van der Waals surface area contributed by atoms with E-state index in [4.69, 9.17) is 4.52 Å². The third-order valence-corrected chi connectivity index (χ3v) is 4.17. The fourth-order valence-electron chi connectivity index (χ4n) is 2.79. The second-order valence-corrected chi connectivity index (χ2v) is 6.13. The second-order valence-electron chi connectivity index (χ2n) is 6.13. The number of hydrogen-bond donors (Lipinski definition) is 3. The molecule has 6 nitrogen and oxygen atoms in total. The van der Waals surface area contributed by atoms with Crippen molar-refractivity contribution in [1.29, 1.82) is 0 Å². The number of benzene rings is 1. The predicted molar refractivity (Wildman–Crippen MR) is 96.1 cm³/mol. The molecule has 0 spiro atoms. The maximum Gasteiger partial charge on any atom is 0.315 e. The molecule has 0 aliphatic carbocycles. The van der Waals surface area contributed by atoms with Crippen LogP contribution in [0.25, 0.3) is 0 Å². The number of rotatable bonds is 8. The molecule has 136 valence electrons. The lowest BCUT2D eigenvalue weighted by Gasteiger charge is -2.18. The number of amides is 2. The zero-order valence-electron chi connectivity index (χ0n) is 15.1. The van der Waals surface area contributed by atoms with Gasteiger partial charge in [0.1, 0.15) is 5.76 Å². The molecule has 3 N–H and O–H groups in total. The van der Waals surface area contributed by atoms with Crippen LogP contribution in [-0.2, 0) is 19.4 Å². The number of aryl methyl sites for hydroxylation is 2. The average Bonchev–Trinajstić information content (AvgIpc) is 3.02. The number of carbonyl (C=O) groups excluding carboxylic acids is 1. The van der Waals surface area contributed by atoms with Crippen molar-refractivity contribution in [2.45, 2.75) is 58.7 Å².